The number of hydrogen-bond donors (Lipinski definition) is 0. The van der Waals surface area contributed by atoms with Crippen molar-refractivity contribution < 1.29 is 8.42 Å². The van der Waals surface area contributed by atoms with Gasteiger partial charge in [0.15, 0.2) is 9.84 Å². The molecule has 2 nitrogen and oxygen atoms in total. The molecule has 5 heteroatoms. The van der Waals surface area contributed by atoms with Crippen LogP contribution in [0.4, 0.5) is 0 Å². The van der Waals surface area contributed by atoms with Crippen LogP contribution in [0.5, 0.6) is 0 Å². The summed E-state index contributed by atoms with van der Waals surface area (Å²) in [7, 11) is 0.239. The predicted molar refractivity (Wildman–Crippen MR) is 83.3 cm³/mol. The molecular formula is C13H16O2S3. The molecule has 0 aliphatic rings. The Morgan fingerprint density at radius 2 is 1.89 bits per heavy atom. The summed E-state index contributed by atoms with van der Waals surface area (Å²) in [6.07, 6.45) is 3.10. The van der Waals surface area contributed by atoms with Crippen LogP contribution < -0.4 is 0 Å². The molecule has 0 saturated carbocycles. The van der Waals surface area contributed by atoms with Gasteiger partial charge in [0, 0.05) is 5.75 Å². The highest BCUT2D eigenvalue weighted by atomic mass is 33.1. The molecule has 1 aromatic carbocycles. The van der Waals surface area contributed by atoms with Crippen molar-refractivity contribution in [3.63, 3.8) is 0 Å². The molecule has 0 aromatic heterocycles. The van der Waals surface area contributed by atoms with Crippen molar-refractivity contribution in [2.24, 2.45) is 0 Å². The summed E-state index contributed by atoms with van der Waals surface area (Å²) in [6.45, 7) is 3.42. The maximum atomic E-state index is 11.3. The van der Waals surface area contributed by atoms with Crippen LogP contribution in [0.3, 0.4) is 0 Å². The SMILES string of the molecule is C=CCS(=O)(=O)C/C=C\SSCc1ccccc1. The van der Waals surface area contributed by atoms with Gasteiger partial charge in [0.2, 0.25) is 0 Å². The Balaban J connectivity index is 2.20. The van der Waals surface area contributed by atoms with Gasteiger partial charge in [-0.15, -0.1) is 6.58 Å². The fourth-order valence-electron chi connectivity index (χ4n) is 1.19. The highest BCUT2D eigenvalue weighted by Crippen LogP contribution is 2.26. The van der Waals surface area contributed by atoms with Crippen LogP contribution in [0.2, 0.25) is 0 Å². The zero-order valence-electron chi connectivity index (χ0n) is 9.99. The topological polar surface area (TPSA) is 34.1 Å². The standard InChI is InChI=1S/C13H16O2S3/c1-2-10-18(14,15)11-6-9-16-17-12-13-7-4-3-5-8-13/h2-9H,1,10-12H2/b9-6-. The van der Waals surface area contributed by atoms with Crippen molar-refractivity contribution in [2.75, 3.05) is 11.5 Å². The van der Waals surface area contributed by atoms with E-state index >= 15 is 0 Å². The number of benzene rings is 1. The third-order valence-corrected chi connectivity index (χ3v) is 5.44. The molecule has 0 spiro atoms. The first kappa shape index (κ1) is 15.4. The van der Waals surface area contributed by atoms with E-state index in [0.717, 1.165) is 5.75 Å². The van der Waals surface area contributed by atoms with E-state index in [1.54, 1.807) is 27.7 Å². The van der Waals surface area contributed by atoms with Crippen LogP contribution in [0, 0.1) is 0 Å². The van der Waals surface area contributed by atoms with Crippen molar-refractivity contribution >= 4 is 31.4 Å². The summed E-state index contributed by atoms with van der Waals surface area (Å²) < 4.78 is 22.7. The van der Waals surface area contributed by atoms with Gasteiger partial charge in [0.25, 0.3) is 0 Å². The smallest absolute Gasteiger partial charge is 0.157 e. The van der Waals surface area contributed by atoms with Gasteiger partial charge in [0.05, 0.1) is 11.5 Å². The van der Waals surface area contributed by atoms with E-state index < -0.39 is 9.84 Å². The molecule has 0 amide bonds. The Bertz CT molecular complexity index is 478. The molecule has 0 aliphatic carbocycles. The van der Waals surface area contributed by atoms with Crippen LogP contribution in [-0.2, 0) is 15.6 Å². The Hall–Kier alpha value is -0.650. The molecule has 1 rings (SSSR count). The first-order valence-corrected chi connectivity index (χ1v) is 9.63. The second-order valence-corrected chi connectivity index (χ2v) is 8.01. The van der Waals surface area contributed by atoms with E-state index in [-0.39, 0.29) is 11.5 Å². The first-order chi connectivity index (χ1) is 8.64. The lowest BCUT2D eigenvalue weighted by Gasteiger charge is -1.98. The normalized spacial score (nSPS) is 11.8. The summed E-state index contributed by atoms with van der Waals surface area (Å²) >= 11 is 0. The lowest BCUT2D eigenvalue weighted by molar-refractivity contribution is 0.602. The quantitative estimate of drug-likeness (QED) is 0.417. The summed E-state index contributed by atoms with van der Waals surface area (Å²) in [5.41, 5.74) is 1.27. The zero-order valence-corrected chi connectivity index (χ0v) is 12.4. The molecule has 0 heterocycles. The molecule has 98 valence electrons. The van der Waals surface area contributed by atoms with E-state index in [0.29, 0.717) is 0 Å². The highest BCUT2D eigenvalue weighted by molar-refractivity contribution is 8.77. The molecule has 1 aromatic rings. The van der Waals surface area contributed by atoms with Crippen LogP contribution in [0.15, 0.2) is 54.5 Å². The van der Waals surface area contributed by atoms with Gasteiger partial charge in [-0.25, -0.2) is 8.42 Å². The van der Waals surface area contributed by atoms with Gasteiger partial charge in [-0.3, -0.25) is 0 Å². The zero-order chi connectivity index (χ0) is 13.3. The maximum Gasteiger partial charge on any atom is 0.157 e. The van der Waals surface area contributed by atoms with Gasteiger partial charge < -0.3 is 0 Å². The van der Waals surface area contributed by atoms with E-state index in [1.165, 1.54) is 11.6 Å². The Morgan fingerprint density at radius 1 is 1.17 bits per heavy atom. The number of sulfone groups is 1. The van der Waals surface area contributed by atoms with E-state index in [1.807, 2.05) is 23.6 Å². The van der Waals surface area contributed by atoms with Crippen molar-refractivity contribution in [1.82, 2.24) is 0 Å². The summed E-state index contributed by atoms with van der Waals surface area (Å²) in [6, 6.07) is 10.2. The van der Waals surface area contributed by atoms with Crippen LogP contribution >= 0.6 is 21.6 Å². The average Bonchev–Trinajstić information content (AvgIpc) is 2.35. The number of rotatable bonds is 8. The second-order valence-electron chi connectivity index (χ2n) is 3.58. The predicted octanol–water partition coefficient (Wildman–Crippen LogP) is 3.68. The molecule has 0 unspecified atom stereocenters. The first-order valence-electron chi connectivity index (χ1n) is 5.42. The third kappa shape index (κ3) is 6.93. The van der Waals surface area contributed by atoms with Gasteiger partial charge in [-0.05, 0) is 11.0 Å². The molecule has 0 atom stereocenters. The Kier molecular flexibility index (Phi) is 7.23. The van der Waals surface area contributed by atoms with Crippen molar-refractivity contribution in [3.8, 4) is 0 Å². The average molecular weight is 300 g/mol. The van der Waals surface area contributed by atoms with Crippen LogP contribution in [-0.4, -0.2) is 19.9 Å². The fourth-order valence-corrected chi connectivity index (χ4v) is 3.93. The lowest BCUT2D eigenvalue weighted by atomic mass is 10.2. The minimum atomic E-state index is -3.00. The van der Waals surface area contributed by atoms with Crippen molar-refractivity contribution in [3.05, 3.63) is 60.0 Å². The Morgan fingerprint density at radius 3 is 2.56 bits per heavy atom. The summed E-state index contributed by atoms with van der Waals surface area (Å²) in [5, 5.41) is 1.83. The van der Waals surface area contributed by atoms with E-state index in [2.05, 4.69) is 18.7 Å². The van der Waals surface area contributed by atoms with Crippen LogP contribution in [0.25, 0.3) is 0 Å². The fraction of sp³-hybridized carbons (Fsp3) is 0.231. The van der Waals surface area contributed by atoms with Crippen molar-refractivity contribution in [2.45, 2.75) is 5.75 Å². The molecule has 0 aliphatic heterocycles. The van der Waals surface area contributed by atoms with E-state index in [9.17, 15) is 8.42 Å². The molecule has 0 fully saturated rings. The monoisotopic (exact) mass is 300 g/mol. The largest absolute Gasteiger partial charge is 0.228 e. The van der Waals surface area contributed by atoms with Crippen LogP contribution in [0.1, 0.15) is 5.56 Å². The van der Waals surface area contributed by atoms with Gasteiger partial charge in [0.1, 0.15) is 0 Å². The third-order valence-electron chi connectivity index (χ3n) is 2.01. The van der Waals surface area contributed by atoms with Gasteiger partial charge in [-0.2, -0.15) is 0 Å². The minimum absolute atomic E-state index is 0.0408. The van der Waals surface area contributed by atoms with E-state index in [4.69, 9.17) is 0 Å². The maximum absolute atomic E-state index is 11.3. The molecular weight excluding hydrogens is 284 g/mol. The highest BCUT2D eigenvalue weighted by Gasteiger charge is 2.04. The summed E-state index contributed by atoms with van der Waals surface area (Å²) in [4.78, 5) is 0. The van der Waals surface area contributed by atoms with Gasteiger partial charge >= 0.3 is 0 Å². The summed E-state index contributed by atoms with van der Waals surface area (Å²) in [5.74, 6) is 1.03. The Labute approximate surface area is 117 Å². The molecule has 0 radical (unpaired) electrons. The molecule has 18 heavy (non-hydrogen) atoms. The van der Waals surface area contributed by atoms with Crippen molar-refractivity contribution in [1.29, 1.82) is 0 Å². The minimum Gasteiger partial charge on any atom is -0.228 e. The number of hydrogen-bond acceptors (Lipinski definition) is 4. The molecule has 0 bridgehead atoms. The van der Waals surface area contributed by atoms with Gasteiger partial charge in [-0.1, -0.05) is 64.1 Å². The molecule has 0 saturated heterocycles. The molecule has 0 N–H and O–H groups in total. The second kappa shape index (κ2) is 8.45. The lowest BCUT2D eigenvalue weighted by Crippen LogP contribution is -2.06.